The van der Waals surface area contributed by atoms with Gasteiger partial charge in [0.25, 0.3) is 0 Å². The molecule has 1 heterocycles. The largest absolute Gasteiger partial charge is 0.472 e. The van der Waals surface area contributed by atoms with Gasteiger partial charge in [0.1, 0.15) is 17.7 Å². The number of ether oxygens (including phenoxy) is 2. The molecule has 0 aliphatic carbocycles. The molecule has 1 atom stereocenters. The maximum atomic E-state index is 5.80. The number of nitrogens with zero attached hydrogens (tertiary/aromatic N) is 2. The van der Waals surface area contributed by atoms with Crippen molar-refractivity contribution in [1.29, 1.82) is 0 Å². The fourth-order valence-electron chi connectivity index (χ4n) is 1.57. The predicted molar refractivity (Wildman–Crippen MR) is 72.3 cm³/mol. The molecule has 5 nitrogen and oxygen atoms in total. The summed E-state index contributed by atoms with van der Waals surface area (Å²) in [6, 6.07) is 0. The van der Waals surface area contributed by atoms with Crippen molar-refractivity contribution in [3.05, 3.63) is 11.4 Å². The quantitative estimate of drug-likeness (QED) is 0.808. The second kappa shape index (κ2) is 7.16. The number of rotatable bonds is 7. The van der Waals surface area contributed by atoms with Crippen LogP contribution in [0.3, 0.4) is 0 Å². The average Bonchev–Trinajstić information content (AvgIpc) is 2.32. The van der Waals surface area contributed by atoms with Crippen molar-refractivity contribution >= 4 is 5.82 Å². The highest BCUT2D eigenvalue weighted by Gasteiger charge is 2.12. The molecule has 0 saturated heterocycles. The lowest BCUT2D eigenvalue weighted by Gasteiger charge is -2.17. The first-order valence-electron chi connectivity index (χ1n) is 6.41. The molecule has 102 valence electrons. The first-order valence-corrected chi connectivity index (χ1v) is 6.41. The summed E-state index contributed by atoms with van der Waals surface area (Å²) >= 11 is 0. The standard InChI is InChI=1S/C13H23N3O2/c1-6-14-12-10(4)13(16-11(5)15-12)18-9(3)8-17-7-2/h9H,6-8H2,1-5H3,(H,14,15,16). The van der Waals surface area contributed by atoms with Gasteiger partial charge in [0.2, 0.25) is 5.88 Å². The summed E-state index contributed by atoms with van der Waals surface area (Å²) in [7, 11) is 0. The molecule has 0 saturated carbocycles. The molecule has 1 aromatic rings. The highest BCUT2D eigenvalue weighted by atomic mass is 16.5. The van der Waals surface area contributed by atoms with Gasteiger partial charge in [0, 0.05) is 13.2 Å². The Balaban J connectivity index is 2.81. The SMILES string of the molecule is CCNc1nc(C)nc(OC(C)COCC)c1C. The highest BCUT2D eigenvalue weighted by Crippen LogP contribution is 2.22. The molecule has 0 amide bonds. The Morgan fingerprint density at radius 3 is 2.56 bits per heavy atom. The lowest BCUT2D eigenvalue weighted by molar-refractivity contribution is 0.0628. The Hall–Kier alpha value is -1.36. The lowest BCUT2D eigenvalue weighted by Crippen LogP contribution is -2.21. The van der Waals surface area contributed by atoms with E-state index in [0.29, 0.717) is 24.9 Å². The first-order chi connectivity index (χ1) is 8.58. The van der Waals surface area contributed by atoms with E-state index >= 15 is 0 Å². The summed E-state index contributed by atoms with van der Waals surface area (Å²) in [5.41, 5.74) is 0.936. The summed E-state index contributed by atoms with van der Waals surface area (Å²) in [4.78, 5) is 8.69. The molecular weight excluding hydrogens is 230 g/mol. The van der Waals surface area contributed by atoms with Gasteiger partial charge in [0.15, 0.2) is 0 Å². The van der Waals surface area contributed by atoms with Crippen molar-refractivity contribution in [3.8, 4) is 5.88 Å². The highest BCUT2D eigenvalue weighted by molar-refractivity contribution is 5.48. The van der Waals surface area contributed by atoms with Gasteiger partial charge < -0.3 is 14.8 Å². The van der Waals surface area contributed by atoms with Crippen LogP contribution < -0.4 is 10.1 Å². The van der Waals surface area contributed by atoms with Crippen LogP contribution in [0.1, 0.15) is 32.2 Å². The number of aryl methyl sites for hydroxylation is 1. The molecule has 0 radical (unpaired) electrons. The van der Waals surface area contributed by atoms with Gasteiger partial charge in [-0.15, -0.1) is 0 Å². The zero-order chi connectivity index (χ0) is 13.5. The lowest BCUT2D eigenvalue weighted by atomic mass is 10.3. The summed E-state index contributed by atoms with van der Waals surface area (Å²) < 4.78 is 11.1. The minimum Gasteiger partial charge on any atom is -0.472 e. The third kappa shape index (κ3) is 4.14. The molecule has 0 aliphatic rings. The van der Waals surface area contributed by atoms with E-state index in [1.165, 1.54) is 0 Å². The Morgan fingerprint density at radius 2 is 1.94 bits per heavy atom. The molecule has 0 aromatic carbocycles. The fraction of sp³-hybridized carbons (Fsp3) is 0.692. The molecule has 1 unspecified atom stereocenters. The molecule has 0 fully saturated rings. The second-order valence-corrected chi connectivity index (χ2v) is 4.17. The van der Waals surface area contributed by atoms with Gasteiger partial charge in [-0.05, 0) is 34.6 Å². The molecule has 1 N–H and O–H groups in total. The normalized spacial score (nSPS) is 12.3. The minimum absolute atomic E-state index is 0.0209. The summed E-state index contributed by atoms with van der Waals surface area (Å²) in [6.45, 7) is 11.9. The van der Waals surface area contributed by atoms with E-state index in [-0.39, 0.29) is 6.10 Å². The zero-order valence-electron chi connectivity index (χ0n) is 11.9. The van der Waals surface area contributed by atoms with E-state index in [1.54, 1.807) is 0 Å². The van der Waals surface area contributed by atoms with Crippen molar-refractivity contribution in [2.75, 3.05) is 25.1 Å². The maximum absolute atomic E-state index is 5.80. The third-order valence-electron chi connectivity index (χ3n) is 2.43. The van der Waals surface area contributed by atoms with E-state index in [0.717, 1.165) is 17.9 Å². The van der Waals surface area contributed by atoms with Crippen LogP contribution in [0.15, 0.2) is 0 Å². The van der Waals surface area contributed by atoms with Crippen LogP contribution in [-0.2, 0) is 4.74 Å². The van der Waals surface area contributed by atoms with Crippen LogP contribution >= 0.6 is 0 Å². The van der Waals surface area contributed by atoms with Crippen LogP contribution in [-0.4, -0.2) is 35.8 Å². The molecule has 5 heteroatoms. The Kier molecular flexibility index (Phi) is 5.85. The second-order valence-electron chi connectivity index (χ2n) is 4.17. The van der Waals surface area contributed by atoms with Crippen molar-refractivity contribution in [1.82, 2.24) is 9.97 Å². The average molecular weight is 253 g/mol. The van der Waals surface area contributed by atoms with Crippen LogP contribution in [0.5, 0.6) is 5.88 Å². The van der Waals surface area contributed by atoms with Gasteiger partial charge in [0.05, 0.1) is 12.2 Å². The van der Waals surface area contributed by atoms with Crippen LogP contribution in [0.25, 0.3) is 0 Å². The summed E-state index contributed by atoms with van der Waals surface area (Å²) in [5, 5.41) is 3.21. The molecule has 0 aliphatic heterocycles. The van der Waals surface area contributed by atoms with E-state index in [2.05, 4.69) is 15.3 Å². The van der Waals surface area contributed by atoms with Gasteiger partial charge >= 0.3 is 0 Å². The predicted octanol–water partition coefficient (Wildman–Crippen LogP) is 2.33. The maximum Gasteiger partial charge on any atom is 0.222 e. The van der Waals surface area contributed by atoms with Gasteiger partial charge in [-0.2, -0.15) is 4.98 Å². The number of hydrogen-bond donors (Lipinski definition) is 1. The molecule has 1 rings (SSSR count). The monoisotopic (exact) mass is 253 g/mol. The van der Waals surface area contributed by atoms with Crippen molar-refractivity contribution in [2.24, 2.45) is 0 Å². The summed E-state index contributed by atoms with van der Waals surface area (Å²) in [5.74, 6) is 2.17. The minimum atomic E-state index is -0.0209. The molecular formula is C13H23N3O2. The Bertz CT molecular complexity index is 383. The number of hydrogen-bond acceptors (Lipinski definition) is 5. The van der Waals surface area contributed by atoms with Crippen molar-refractivity contribution < 1.29 is 9.47 Å². The smallest absolute Gasteiger partial charge is 0.222 e. The van der Waals surface area contributed by atoms with Crippen LogP contribution in [0.2, 0.25) is 0 Å². The van der Waals surface area contributed by atoms with Crippen LogP contribution in [0, 0.1) is 13.8 Å². The van der Waals surface area contributed by atoms with Gasteiger partial charge in [-0.3, -0.25) is 0 Å². The fourth-order valence-corrected chi connectivity index (χ4v) is 1.57. The topological polar surface area (TPSA) is 56.3 Å². The van der Waals surface area contributed by atoms with Gasteiger partial charge in [-0.25, -0.2) is 4.98 Å². The van der Waals surface area contributed by atoms with E-state index in [1.807, 2.05) is 34.6 Å². The van der Waals surface area contributed by atoms with Crippen LogP contribution in [0.4, 0.5) is 5.82 Å². The molecule has 0 bridgehead atoms. The van der Waals surface area contributed by atoms with Gasteiger partial charge in [-0.1, -0.05) is 0 Å². The molecule has 1 aromatic heterocycles. The van der Waals surface area contributed by atoms with E-state index < -0.39 is 0 Å². The van der Waals surface area contributed by atoms with E-state index in [9.17, 15) is 0 Å². The van der Waals surface area contributed by atoms with Crippen molar-refractivity contribution in [2.45, 2.75) is 40.7 Å². The Labute approximate surface area is 109 Å². The van der Waals surface area contributed by atoms with Crippen molar-refractivity contribution in [3.63, 3.8) is 0 Å². The third-order valence-corrected chi connectivity index (χ3v) is 2.43. The molecule has 0 spiro atoms. The number of nitrogens with one attached hydrogen (secondary N) is 1. The van der Waals surface area contributed by atoms with E-state index in [4.69, 9.17) is 9.47 Å². The molecule has 18 heavy (non-hydrogen) atoms. The number of anilines is 1. The zero-order valence-corrected chi connectivity index (χ0v) is 11.9. The Morgan fingerprint density at radius 1 is 1.22 bits per heavy atom. The first kappa shape index (κ1) is 14.7. The summed E-state index contributed by atoms with van der Waals surface area (Å²) in [6.07, 6.45) is -0.0209. The number of aromatic nitrogens is 2.